The van der Waals surface area contributed by atoms with E-state index in [-0.39, 0.29) is 11.5 Å². The molecule has 0 aliphatic rings. The van der Waals surface area contributed by atoms with Crippen LogP contribution in [0.25, 0.3) is 10.8 Å². The van der Waals surface area contributed by atoms with Crippen molar-refractivity contribution >= 4 is 44.0 Å². The van der Waals surface area contributed by atoms with Crippen LogP contribution in [0.1, 0.15) is 13.8 Å². The van der Waals surface area contributed by atoms with Gasteiger partial charge in [0.1, 0.15) is 0 Å². The molecule has 0 amide bonds. The van der Waals surface area contributed by atoms with Crippen LogP contribution in [0.15, 0.2) is 41.3 Å². The van der Waals surface area contributed by atoms with E-state index in [0.717, 1.165) is 6.92 Å². The van der Waals surface area contributed by atoms with Crippen molar-refractivity contribution in [3.05, 3.63) is 41.4 Å². The summed E-state index contributed by atoms with van der Waals surface area (Å²) in [6.45, 7) is 2.58. The van der Waals surface area contributed by atoms with Crippen LogP contribution in [0.5, 0.6) is 0 Å². The molecule has 0 bridgehead atoms. The molecular formula is C16H15ClO5S. The second-order valence-electron chi connectivity index (χ2n) is 4.88. The molecule has 23 heavy (non-hydrogen) atoms. The van der Waals surface area contributed by atoms with Crippen LogP contribution in [0, 0.1) is 0 Å². The number of ether oxygens (including phenoxy) is 1. The van der Waals surface area contributed by atoms with Crippen LogP contribution in [0.4, 0.5) is 0 Å². The van der Waals surface area contributed by atoms with Crippen molar-refractivity contribution < 1.29 is 22.7 Å². The lowest BCUT2D eigenvalue weighted by Crippen LogP contribution is -2.38. The highest BCUT2D eigenvalue weighted by molar-refractivity contribution is 7.93. The second-order valence-corrected chi connectivity index (χ2v) is 7.29. The van der Waals surface area contributed by atoms with E-state index in [1.165, 1.54) is 12.1 Å². The largest absolute Gasteiger partial charge is 0.465 e. The smallest absolute Gasteiger partial charge is 0.332 e. The SMILES string of the molecule is CCOC(=O)C(C(C)=O)S(=O)(=O)c1ccc(Cl)c2ccccc12. The standard InChI is InChI=1S/C16H15ClO5S/c1-3-22-16(19)15(10(2)18)23(20,21)14-9-8-13(17)11-6-4-5-7-12(11)14/h4-9,15H,3H2,1-2H3. The molecule has 0 saturated carbocycles. The molecule has 0 aliphatic carbocycles. The van der Waals surface area contributed by atoms with Gasteiger partial charge in [-0.2, -0.15) is 0 Å². The number of carbonyl (C=O) groups is 2. The van der Waals surface area contributed by atoms with Crippen LogP contribution in [0.3, 0.4) is 0 Å². The lowest BCUT2D eigenvalue weighted by molar-refractivity contribution is -0.144. The summed E-state index contributed by atoms with van der Waals surface area (Å²) in [7, 11) is -4.25. The number of sulfone groups is 1. The molecule has 2 rings (SSSR count). The predicted octanol–water partition coefficient (Wildman–Crippen LogP) is 2.79. The quantitative estimate of drug-likeness (QED) is 0.609. The minimum Gasteiger partial charge on any atom is -0.465 e. The monoisotopic (exact) mass is 354 g/mol. The van der Waals surface area contributed by atoms with E-state index in [0.29, 0.717) is 15.8 Å². The topological polar surface area (TPSA) is 77.5 Å². The van der Waals surface area contributed by atoms with E-state index < -0.39 is 26.8 Å². The second kappa shape index (κ2) is 6.68. The van der Waals surface area contributed by atoms with Gasteiger partial charge in [0.15, 0.2) is 15.6 Å². The first kappa shape index (κ1) is 17.4. The predicted molar refractivity (Wildman–Crippen MR) is 87.2 cm³/mol. The van der Waals surface area contributed by atoms with Gasteiger partial charge in [-0.15, -0.1) is 0 Å². The average molecular weight is 355 g/mol. The number of rotatable bonds is 5. The minimum absolute atomic E-state index is 0.0144. The molecule has 0 heterocycles. The van der Waals surface area contributed by atoms with Gasteiger partial charge in [-0.25, -0.2) is 8.42 Å². The molecule has 0 fully saturated rings. The third kappa shape index (κ3) is 3.23. The maximum atomic E-state index is 12.9. The summed E-state index contributed by atoms with van der Waals surface area (Å²) in [5.74, 6) is -1.86. The first-order valence-corrected chi connectivity index (χ1v) is 8.81. The van der Waals surface area contributed by atoms with Crippen molar-refractivity contribution in [2.75, 3.05) is 6.61 Å². The van der Waals surface area contributed by atoms with Crippen molar-refractivity contribution in [1.29, 1.82) is 0 Å². The molecule has 122 valence electrons. The van der Waals surface area contributed by atoms with E-state index in [1.807, 2.05) is 0 Å². The zero-order valence-electron chi connectivity index (χ0n) is 12.6. The van der Waals surface area contributed by atoms with E-state index in [4.69, 9.17) is 16.3 Å². The van der Waals surface area contributed by atoms with Crippen LogP contribution in [-0.4, -0.2) is 32.0 Å². The van der Waals surface area contributed by atoms with E-state index in [1.54, 1.807) is 31.2 Å². The molecule has 2 aromatic carbocycles. The summed E-state index contributed by atoms with van der Waals surface area (Å²) < 4.78 is 30.4. The lowest BCUT2D eigenvalue weighted by Gasteiger charge is -2.15. The Labute approximate surface area is 139 Å². The van der Waals surface area contributed by atoms with Crippen molar-refractivity contribution in [1.82, 2.24) is 0 Å². The van der Waals surface area contributed by atoms with Crippen LogP contribution < -0.4 is 0 Å². The highest BCUT2D eigenvalue weighted by Gasteiger charge is 2.40. The number of carbonyl (C=O) groups excluding carboxylic acids is 2. The third-order valence-electron chi connectivity index (χ3n) is 3.32. The first-order chi connectivity index (χ1) is 10.8. The normalized spacial score (nSPS) is 12.8. The van der Waals surface area contributed by atoms with Crippen LogP contribution >= 0.6 is 11.6 Å². The van der Waals surface area contributed by atoms with Gasteiger partial charge >= 0.3 is 5.97 Å². The van der Waals surface area contributed by atoms with Crippen molar-refractivity contribution in [2.24, 2.45) is 0 Å². The Balaban J connectivity index is 2.70. The van der Waals surface area contributed by atoms with E-state index in [9.17, 15) is 18.0 Å². The van der Waals surface area contributed by atoms with Gasteiger partial charge in [0.2, 0.25) is 5.25 Å². The fraction of sp³-hybridized carbons (Fsp3) is 0.250. The van der Waals surface area contributed by atoms with E-state index >= 15 is 0 Å². The number of fused-ring (bicyclic) bond motifs is 1. The molecule has 2 aromatic rings. The fourth-order valence-electron chi connectivity index (χ4n) is 2.34. The van der Waals surface area contributed by atoms with Gasteiger partial charge in [0.05, 0.1) is 11.5 Å². The molecule has 0 saturated heterocycles. The number of hydrogen-bond acceptors (Lipinski definition) is 5. The molecule has 7 heteroatoms. The molecule has 0 N–H and O–H groups in total. The number of benzene rings is 2. The Kier molecular flexibility index (Phi) is 5.06. The van der Waals surface area contributed by atoms with Gasteiger partial charge in [-0.1, -0.05) is 35.9 Å². The Morgan fingerprint density at radius 3 is 2.30 bits per heavy atom. The van der Waals surface area contributed by atoms with Gasteiger partial charge in [-0.05, 0) is 26.0 Å². The van der Waals surface area contributed by atoms with Gasteiger partial charge in [0, 0.05) is 15.8 Å². The van der Waals surface area contributed by atoms with Crippen LogP contribution in [-0.2, 0) is 24.2 Å². The fourth-order valence-corrected chi connectivity index (χ4v) is 4.32. The molecule has 0 aliphatic heterocycles. The number of esters is 1. The zero-order chi connectivity index (χ0) is 17.2. The van der Waals surface area contributed by atoms with Crippen molar-refractivity contribution in [3.63, 3.8) is 0 Å². The Bertz CT molecular complexity index is 873. The maximum absolute atomic E-state index is 12.9. The van der Waals surface area contributed by atoms with Crippen molar-refractivity contribution in [3.8, 4) is 0 Å². The summed E-state index contributed by atoms with van der Waals surface area (Å²) in [5, 5.41) is -0.612. The summed E-state index contributed by atoms with van der Waals surface area (Å²) >= 11 is 6.08. The molecule has 5 nitrogen and oxygen atoms in total. The summed E-state index contributed by atoms with van der Waals surface area (Å²) in [6.07, 6.45) is 0. The van der Waals surface area contributed by atoms with Crippen LogP contribution in [0.2, 0.25) is 5.02 Å². The molecule has 0 spiro atoms. The number of halogens is 1. The van der Waals surface area contributed by atoms with Crippen molar-refractivity contribution in [2.45, 2.75) is 24.0 Å². The number of hydrogen-bond donors (Lipinski definition) is 0. The number of Topliss-reactive ketones (excluding diaryl/α,β-unsaturated/α-hetero) is 1. The molecule has 1 atom stereocenters. The number of ketones is 1. The molecule has 0 aromatic heterocycles. The molecule has 0 radical (unpaired) electrons. The zero-order valence-corrected chi connectivity index (χ0v) is 14.1. The first-order valence-electron chi connectivity index (χ1n) is 6.89. The highest BCUT2D eigenvalue weighted by atomic mass is 35.5. The maximum Gasteiger partial charge on any atom is 0.332 e. The minimum atomic E-state index is -4.25. The average Bonchev–Trinajstić information content (AvgIpc) is 2.47. The lowest BCUT2D eigenvalue weighted by atomic mass is 10.1. The Morgan fingerprint density at radius 1 is 1.13 bits per heavy atom. The summed E-state index contributed by atoms with van der Waals surface area (Å²) in [5.41, 5.74) is 0. The Morgan fingerprint density at radius 2 is 1.74 bits per heavy atom. The Hall–Kier alpha value is -1.92. The highest BCUT2D eigenvalue weighted by Crippen LogP contribution is 2.31. The van der Waals surface area contributed by atoms with E-state index in [2.05, 4.69) is 0 Å². The summed E-state index contributed by atoms with van der Waals surface area (Å²) in [6, 6.07) is 9.36. The molecular weight excluding hydrogens is 340 g/mol. The molecule has 1 unspecified atom stereocenters. The van der Waals surface area contributed by atoms with Gasteiger partial charge < -0.3 is 4.74 Å². The van der Waals surface area contributed by atoms with Gasteiger partial charge in [0.25, 0.3) is 0 Å². The summed E-state index contributed by atoms with van der Waals surface area (Å²) in [4.78, 5) is 23.6. The van der Waals surface area contributed by atoms with Gasteiger partial charge in [-0.3, -0.25) is 9.59 Å². The third-order valence-corrected chi connectivity index (χ3v) is 5.76.